The molecule has 0 saturated carbocycles. The molecule has 0 spiro atoms. The van der Waals surface area contributed by atoms with Gasteiger partial charge in [-0.1, -0.05) is 0 Å². The molecule has 3 heterocycles. The van der Waals surface area contributed by atoms with E-state index in [4.69, 9.17) is 9.84 Å². The van der Waals surface area contributed by atoms with Crippen molar-refractivity contribution in [2.24, 2.45) is 11.8 Å². The van der Waals surface area contributed by atoms with Crippen molar-refractivity contribution in [1.82, 2.24) is 10.2 Å². The van der Waals surface area contributed by atoms with Gasteiger partial charge in [-0.25, -0.2) is 0 Å². The second-order valence-electron chi connectivity index (χ2n) is 6.13. The van der Waals surface area contributed by atoms with E-state index < -0.39 is 35.8 Å². The standard InChI is InChI=1S/C14H18N2O6/c1-5(14(20)21)15-11(17)6(2)16-12(18)9-7-3-4-8(22-7)10(9)13(16)19/h5-10H,3-4H2,1-2H3,(H,15,17)(H,20,21)/t5-,6?,7?,8?,9?,10?/m1/s1. The molecule has 8 heteroatoms. The Morgan fingerprint density at radius 2 is 1.68 bits per heavy atom. The lowest BCUT2D eigenvalue weighted by Crippen LogP contribution is -2.52. The third kappa shape index (κ3) is 2.01. The molecule has 0 aromatic rings. The minimum absolute atomic E-state index is 0.232. The molecule has 0 aliphatic carbocycles. The smallest absolute Gasteiger partial charge is 0.325 e. The van der Waals surface area contributed by atoms with Gasteiger partial charge in [0.1, 0.15) is 12.1 Å². The van der Waals surface area contributed by atoms with Crippen LogP contribution in [0.1, 0.15) is 26.7 Å². The van der Waals surface area contributed by atoms with Crippen molar-refractivity contribution in [3.8, 4) is 0 Å². The molecule has 3 fully saturated rings. The van der Waals surface area contributed by atoms with Crippen LogP contribution in [-0.2, 0) is 23.9 Å². The van der Waals surface area contributed by atoms with Gasteiger partial charge in [0.25, 0.3) is 0 Å². The lowest BCUT2D eigenvalue weighted by Gasteiger charge is -2.24. The first-order valence-electron chi connectivity index (χ1n) is 7.38. The van der Waals surface area contributed by atoms with E-state index in [0.29, 0.717) is 0 Å². The van der Waals surface area contributed by atoms with Crippen LogP contribution < -0.4 is 5.32 Å². The average molecular weight is 310 g/mol. The zero-order valence-corrected chi connectivity index (χ0v) is 12.3. The number of carbonyl (C=O) groups is 4. The van der Waals surface area contributed by atoms with Crippen LogP contribution in [0.25, 0.3) is 0 Å². The van der Waals surface area contributed by atoms with Crippen LogP contribution in [0.4, 0.5) is 0 Å². The zero-order chi connectivity index (χ0) is 16.2. The van der Waals surface area contributed by atoms with Crippen LogP contribution in [0, 0.1) is 11.8 Å². The van der Waals surface area contributed by atoms with Gasteiger partial charge >= 0.3 is 5.97 Å². The molecule has 3 aliphatic rings. The Bertz CT molecular complexity index is 534. The average Bonchev–Trinajstić information content (AvgIpc) is 3.12. The Labute approximate surface area is 126 Å². The Kier molecular flexibility index (Phi) is 3.43. The minimum atomic E-state index is -1.18. The molecular weight excluding hydrogens is 292 g/mol. The number of hydrogen-bond donors (Lipinski definition) is 2. The molecule has 2 N–H and O–H groups in total. The Hall–Kier alpha value is -1.96. The lowest BCUT2D eigenvalue weighted by molar-refractivity contribution is -0.150. The van der Waals surface area contributed by atoms with Gasteiger partial charge in [-0.3, -0.25) is 24.1 Å². The number of amides is 3. The summed E-state index contributed by atoms with van der Waals surface area (Å²) in [5.74, 6) is -3.56. The van der Waals surface area contributed by atoms with Crippen molar-refractivity contribution in [3.63, 3.8) is 0 Å². The van der Waals surface area contributed by atoms with E-state index in [-0.39, 0.29) is 24.0 Å². The van der Waals surface area contributed by atoms with Crippen LogP contribution in [-0.4, -0.2) is 58.0 Å². The summed E-state index contributed by atoms with van der Waals surface area (Å²) in [6.07, 6.45) is 1.05. The first-order chi connectivity index (χ1) is 10.3. The second kappa shape index (κ2) is 5.05. The van der Waals surface area contributed by atoms with Crippen molar-refractivity contribution >= 4 is 23.7 Å². The van der Waals surface area contributed by atoms with Crippen molar-refractivity contribution in [2.45, 2.75) is 51.0 Å². The summed E-state index contributed by atoms with van der Waals surface area (Å²) in [6, 6.07) is -2.10. The van der Waals surface area contributed by atoms with Gasteiger partial charge in [0, 0.05) is 0 Å². The molecule has 120 valence electrons. The van der Waals surface area contributed by atoms with Gasteiger partial charge in [-0.2, -0.15) is 0 Å². The number of rotatable bonds is 4. The molecule has 3 amide bonds. The highest BCUT2D eigenvalue weighted by atomic mass is 16.5. The Balaban J connectivity index is 1.75. The van der Waals surface area contributed by atoms with Crippen LogP contribution in [0.5, 0.6) is 0 Å². The minimum Gasteiger partial charge on any atom is -0.480 e. The number of fused-ring (bicyclic) bond motifs is 5. The number of carbonyl (C=O) groups excluding carboxylic acids is 3. The first kappa shape index (κ1) is 15.0. The van der Waals surface area contributed by atoms with E-state index in [1.54, 1.807) is 0 Å². The summed E-state index contributed by atoms with van der Waals surface area (Å²) < 4.78 is 5.62. The largest absolute Gasteiger partial charge is 0.480 e. The normalized spacial score (nSPS) is 35.5. The molecule has 5 unspecified atom stereocenters. The number of likely N-dealkylation sites (tertiary alicyclic amines) is 1. The number of imide groups is 1. The maximum Gasteiger partial charge on any atom is 0.325 e. The molecule has 8 nitrogen and oxygen atoms in total. The zero-order valence-electron chi connectivity index (χ0n) is 12.3. The van der Waals surface area contributed by atoms with Crippen molar-refractivity contribution in [2.75, 3.05) is 0 Å². The number of carboxylic acids is 1. The fraction of sp³-hybridized carbons (Fsp3) is 0.714. The Morgan fingerprint density at radius 3 is 2.14 bits per heavy atom. The van der Waals surface area contributed by atoms with Gasteiger partial charge in [0.15, 0.2) is 0 Å². The van der Waals surface area contributed by atoms with Crippen molar-refractivity contribution in [3.05, 3.63) is 0 Å². The van der Waals surface area contributed by atoms with E-state index in [2.05, 4.69) is 5.32 Å². The molecule has 0 aromatic heterocycles. The summed E-state index contributed by atoms with van der Waals surface area (Å²) in [6.45, 7) is 2.76. The number of hydrogen-bond acceptors (Lipinski definition) is 5. The number of aliphatic carboxylic acids is 1. The molecule has 3 aliphatic heterocycles. The van der Waals surface area contributed by atoms with Crippen LogP contribution in [0.2, 0.25) is 0 Å². The fourth-order valence-electron chi connectivity index (χ4n) is 3.63. The summed E-state index contributed by atoms with van der Waals surface area (Å²) in [5, 5.41) is 11.1. The molecular formula is C14H18N2O6. The van der Waals surface area contributed by atoms with Gasteiger partial charge in [0.2, 0.25) is 17.7 Å². The van der Waals surface area contributed by atoms with Crippen LogP contribution in [0.3, 0.4) is 0 Å². The predicted octanol–water partition coefficient (Wildman–Crippen LogP) is -0.873. The summed E-state index contributed by atoms with van der Waals surface area (Å²) in [7, 11) is 0. The number of nitrogens with one attached hydrogen (secondary N) is 1. The molecule has 0 radical (unpaired) electrons. The van der Waals surface area contributed by atoms with E-state index in [0.717, 1.165) is 17.7 Å². The number of nitrogens with zero attached hydrogens (tertiary/aromatic N) is 1. The number of ether oxygens (including phenoxy) is 1. The molecule has 6 atom stereocenters. The van der Waals surface area contributed by atoms with Gasteiger partial charge in [-0.05, 0) is 26.7 Å². The first-order valence-corrected chi connectivity index (χ1v) is 7.38. The molecule has 0 aromatic carbocycles. The highest BCUT2D eigenvalue weighted by Gasteiger charge is 2.63. The second-order valence-corrected chi connectivity index (χ2v) is 6.13. The van der Waals surface area contributed by atoms with Gasteiger partial charge in [0.05, 0.1) is 24.0 Å². The Morgan fingerprint density at radius 1 is 1.18 bits per heavy atom. The summed E-state index contributed by atoms with van der Waals surface area (Å²) in [4.78, 5) is 48.8. The molecule has 22 heavy (non-hydrogen) atoms. The third-order valence-electron chi connectivity index (χ3n) is 4.81. The van der Waals surface area contributed by atoms with Gasteiger partial charge in [-0.15, -0.1) is 0 Å². The van der Waals surface area contributed by atoms with E-state index in [1.165, 1.54) is 13.8 Å². The topological polar surface area (TPSA) is 113 Å². The maximum absolute atomic E-state index is 12.5. The van der Waals surface area contributed by atoms with Crippen LogP contribution >= 0.6 is 0 Å². The summed E-state index contributed by atoms with van der Waals surface area (Å²) in [5.41, 5.74) is 0. The van der Waals surface area contributed by atoms with E-state index in [9.17, 15) is 19.2 Å². The fourth-order valence-corrected chi connectivity index (χ4v) is 3.63. The third-order valence-corrected chi connectivity index (χ3v) is 4.81. The highest BCUT2D eigenvalue weighted by molar-refractivity contribution is 6.09. The quantitative estimate of drug-likeness (QED) is 0.652. The predicted molar refractivity (Wildman–Crippen MR) is 71.4 cm³/mol. The van der Waals surface area contributed by atoms with Crippen molar-refractivity contribution < 1.29 is 29.0 Å². The monoisotopic (exact) mass is 310 g/mol. The lowest BCUT2D eigenvalue weighted by atomic mass is 9.81. The molecule has 3 rings (SSSR count). The number of carboxylic acid groups (broad SMARTS) is 1. The maximum atomic E-state index is 12.5. The van der Waals surface area contributed by atoms with Gasteiger partial charge < -0.3 is 15.2 Å². The molecule has 3 saturated heterocycles. The molecule has 2 bridgehead atoms. The highest BCUT2D eigenvalue weighted by Crippen LogP contribution is 2.48. The SMILES string of the molecule is CC(C(=O)N[C@H](C)C(=O)O)N1C(=O)C2C3CCC(O3)C2C1=O. The van der Waals surface area contributed by atoms with Crippen LogP contribution in [0.15, 0.2) is 0 Å². The van der Waals surface area contributed by atoms with E-state index in [1.807, 2.05) is 0 Å². The summed E-state index contributed by atoms with van der Waals surface area (Å²) >= 11 is 0. The van der Waals surface area contributed by atoms with Crippen molar-refractivity contribution in [1.29, 1.82) is 0 Å². The van der Waals surface area contributed by atoms with E-state index >= 15 is 0 Å².